The maximum atomic E-state index is 12.3. The quantitative estimate of drug-likeness (QED) is 0.448. The van der Waals surface area contributed by atoms with Crippen LogP contribution in [0, 0.1) is 0 Å². The van der Waals surface area contributed by atoms with Crippen LogP contribution in [0.5, 0.6) is 0 Å². The molecule has 0 aliphatic rings. The zero-order valence-corrected chi connectivity index (χ0v) is 17.5. The van der Waals surface area contributed by atoms with E-state index in [0.29, 0.717) is 31.8 Å². The molecule has 158 valence electrons. The Hall–Kier alpha value is -2.56. The third-order valence-corrected chi connectivity index (χ3v) is 5.42. The van der Waals surface area contributed by atoms with E-state index in [9.17, 15) is 13.2 Å². The summed E-state index contributed by atoms with van der Waals surface area (Å²) < 4.78 is 31.9. The molecule has 10 heteroatoms. The average Bonchev–Trinajstić information content (AvgIpc) is 2.72. The fraction of sp³-hybridized carbons (Fsp3) is 0.421. The van der Waals surface area contributed by atoms with Crippen LogP contribution in [0.25, 0.3) is 0 Å². The Balaban J connectivity index is 1.99. The zero-order valence-electron chi connectivity index (χ0n) is 16.6. The highest BCUT2D eigenvalue weighted by atomic mass is 32.2. The van der Waals surface area contributed by atoms with Crippen LogP contribution in [0.4, 0.5) is 11.6 Å². The molecule has 1 amide bonds. The Bertz CT molecular complexity index is 888. The van der Waals surface area contributed by atoms with Crippen molar-refractivity contribution in [3.05, 3.63) is 42.2 Å². The molecule has 1 aromatic heterocycles. The van der Waals surface area contributed by atoms with Crippen molar-refractivity contribution in [3.8, 4) is 0 Å². The van der Waals surface area contributed by atoms with Gasteiger partial charge in [-0.3, -0.25) is 4.79 Å². The van der Waals surface area contributed by atoms with Gasteiger partial charge in [0.15, 0.2) is 0 Å². The number of nitrogens with zero attached hydrogens (tertiary/aromatic N) is 2. The van der Waals surface area contributed by atoms with Gasteiger partial charge in [0.2, 0.25) is 16.0 Å². The molecule has 0 unspecified atom stereocenters. The summed E-state index contributed by atoms with van der Waals surface area (Å²) in [6.45, 7) is 3.43. The number of unbranched alkanes of at least 4 members (excludes halogenated alkanes) is 1. The summed E-state index contributed by atoms with van der Waals surface area (Å²) in [6, 6.07) is 7.74. The van der Waals surface area contributed by atoms with E-state index in [1.807, 2.05) is 6.92 Å². The zero-order chi connectivity index (χ0) is 21.1. The summed E-state index contributed by atoms with van der Waals surface area (Å²) in [6.07, 6.45) is 3.98. The maximum absolute atomic E-state index is 12.3. The third-order valence-electron chi connectivity index (χ3n) is 3.94. The van der Waals surface area contributed by atoms with Crippen LogP contribution in [-0.2, 0) is 14.8 Å². The minimum atomic E-state index is -3.58. The lowest BCUT2D eigenvalue weighted by molar-refractivity contribution is 0.0948. The highest BCUT2D eigenvalue weighted by Crippen LogP contribution is 2.17. The molecular formula is C19H27N5O4S. The first-order valence-corrected chi connectivity index (χ1v) is 10.9. The number of hydrogen-bond donors (Lipinski definition) is 3. The molecule has 0 saturated heterocycles. The molecule has 1 aromatic carbocycles. The number of hydrogen-bond acceptors (Lipinski definition) is 7. The molecule has 0 aliphatic heterocycles. The molecule has 2 aromatic rings. The van der Waals surface area contributed by atoms with Crippen molar-refractivity contribution in [1.29, 1.82) is 0 Å². The number of ether oxygens (including phenoxy) is 1. The fourth-order valence-electron chi connectivity index (χ4n) is 2.37. The second-order valence-electron chi connectivity index (χ2n) is 6.27. The second kappa shape index (κ2) is 11.4. The van der Waals surface area contributed by atoms with Gasteiger partial charge in [-0.05, 0) is 43.2 Å². The first kappa shape index (κ1) is 22.7. The van der Waals surface area contributed by atoms with Crippen LogP contribution in [0.3, 0.4) is 0 Å². The molecule has 0 radical (unpaired) electrons. The number of amides is 1. The van der Waals surface area contributed by atoms with Gasteiger partial charge in [-0.15, -0.1) is 0 Å². The Kier molecular flexibility index (Phi) is 8.97. The van der Waals surface area contributed by atoms with Gasteiger partial charge in [0.05, 0.1) is 4.90 Å². The molecule has 0 fully saturated rings. The van der Waals surface area contributed by atoms with E-state index in [0.717, 1.165) is 12.8 Å². The minimum absolute atomic E-state index is 0.158. The summed E-state index contributed by atoms with van der Waals surface area (Å²) in [7, 11) is -2.01. The number of nitrogens with one attached hydrogen (secondary N) is 3. The van der Waals surface area contributed by atoms with Crippen molar-refractivity contribution in [2.45, 2.75) is 31.1 Å². The smallest absolute Gasteiger partial charge is 0.270 e. The van der Waals surface area contributed by atoms with E-state index in [1.54, 1.807) is 19.2 Å². The summed E-state index contributed by atoms with van der Waals surface area (Å²) in [5.74, 6) is -0.00803. The Morgan fingerprint density at radius 2 is 1.86 bits per heavy atom. The van der Waals surface area contributed by atoms with E-state index in [2.05, 4.69) is 25.3 Å². The van der Waals surface area contributed by atoms with Gasteiger partial charge in [0.1, 0.15) is 5.69 Å². The van der Waals surface area contributed by atoms with Crippen LogP contribution in [0.1, 0.15) is 36.7 Å². The lowest BCUT2D eigenvalue weighted by Gasteiger charge is -2.09. The molecule has 0 aliphatic carbocycles. The van der Waals surface area contributed by atoms with Crippen LogP contribution in [0.15, 0.2) is 41.4 Å². The van der Waals surface area contributed by atoms with Crippen LogP contribution in [-0.4, -0.2) is 51.1 Å². The predicted octanol–water partition coefficient (Wildman–Crippen LogP) is 2.06. The summed E-state index contributed by atoms with van der Waals surface area (Å²) in [5, 5.41) is 5.77. The largest absolute Gasteiger partial charge is 0.385 e. The molecule has 29 heavy (non-hydrogen) atoms. The second-order valence-corrected chi connectivity index (χ2v) is 8.04. The molecule has 0 spiro atoms. The van der Waals surface area contributed by atoms with Crippen molar-refractivity contribution < 1.29 is 17.9 Å². The summed E-state index contributed by atoms with van der Waals surface area (Å²) >= 11 is 0. The van der Waals surface area contributed by atoms with E-state index in [4.69, 9.17) is 4.74 Å². The minimum Gasteiger partial charge on any atom is -0.385 e. The summed E-state index contributed by atoms with van der Waals surface area (Å²) in [5.41, 5.74) is 0.866. The molecule has 1 heterocycles. The first-order chi connectivity index (χ1) is 14.0. The monoisotopic (exact) mass is 421 g/mol. The lowest BCUT2D eigenvalue weighted by Crippen LogP contribution is -2.25. The van der Waals surface area contributed by atoms with Crippen molar-refractivity contribution in [2.24, 2.45) is 0 Å². The molecule has 0 saturated carbocycles. The third kappa shape index (κ3) is 7.41. The van der Waals surface area contributed by atoms with Crippen molar-refractivity contribution >= 4 is 27.6 Å². The average molecular weight is 422 g/mol. The molecule has 3 N–H and O–H groups in total. The van der Waals surface area contributed by atoms with E-state index >= 15 is 0 Å². The number of sulfonamides is 1. The van der Waals surface area contributed by atoms with Crippen LogP contribution in [0.2, 0.25) is 0 Å². The SMILES string of the molecule is CCCCNC(=O)c1ccnc(Nc2ccc(S(=O)(=O)NCCCOC)cc2)n1. The van der Waals surface area contributed by atoms with Gasteiger partial charge in [-0.25, -0.2) is 23.1 Å². The van der Waals surface area contributed by atoms with E-state index < -0.39 is 10.0 Å². The van der Waals surface area contributed by atoms with E-state index in [1.165, 1.54) is 24.4 Å². The maximum Gasteiger partial charge on any atom is 0.270 e. The number of aromatic nitrogens is 2. The first-order valence-electron chi connectivity index (χ1n) is 9.43. The topological polar surface area (TPSA) is 122 Å². The molecule has 9 nitrogen and oxygen atoms in total. The Morgan fingerprint density at radius 1 is 1.10 bits per heavy atom. The van der Waals surface area contributed by atoms with E-state index in [-0.39, 0.29) is 22.4 Å². The fourth-order valence-corrected chi connectivity index (χ4v) is 3.44. The number of carbonyl (C=O) groups is 1. The van der Waals surface area contributed by atoms with Crippen molar-refractivity contribution in [1.82, 2.24) is 20.0 Å². The Labute approximate surface area is 171 Å². The number of methoxy groups -OCH3 is 1. The number of benzene rings is 1. The van der Waals surface area contributed by atoms with Crippen molar-refractivity contribution in [2.75, 3.05) is 32.1 Å². The summed E-state index contributed by atoms with van der Waals surface area (Å²) in [4.78, 5) is 20.6. The standard InChI is InChI=1S/C19H27N5O4S/c1-3-4-11-20-18(25)17-10-13-21-19(24-17)23-15-6-8-16(9-7-15)29(26,27)22-12-5-14-28-2/h6-10,13,22H,3-5,11-12,14H2,1-2H3,(H,20,25)(H,21,23,24). The highest BCUT2D eigenvalue weighted by molar-refractivity contribution is 7.89. The predicted molar refractivity (Wildman–Crippen MR) is 111 cm³/mol. The van der Waals surface area contributed by atoms with Gasteiger partial charge >= 0.3 is 0 Å². The van der Waals surface area contributed by atoms with Crippen LogP contribution < -0.4 is 15.4 Å². The van der Waals surface area contributed by atoms with Gasteiger partial charge in [-0.2, -0.15) is 0 Å². The molecular weight excluding hydrogens is 394 g/mol. The van der Waals surface area contributed by atoms with Crippen molar-refractivity contribution in [3.63, 3.8) is 0 Å². The number of anilines is 2. The Morgan fingerprint density at radius 3 is 2.55 bits per heavy atom. The molecule has 0 bridgehead atoms. The number of rotatable bonds is 12. The number of carbonyl (C=O) groups excluding carboxylic acids is 1. The highest BCUT2D eigenvalue weighted by Gasteiger charge is 2.13. The van der Waals surface area contributed by atoms with Crippen LogP contribution >= 0.6 is 0 Å². The van der Waals surface area contributed by atoms with Gasteiger partial charge in [-0.1, -0.05) is 13.3 Å². The normalized spacial score (nSPS) is 11.2. The van der Waals surface area contributed by atoms with Gasteiger partial charge in [0, 0.05) is 38.7 Å². The van der Waals surface area contributed by atoms with Gasteiger partial charge in [0.25, 0.3) is 5.91 Å². The lowest BCUT2D eigenvalue weighted by atomic mass is 10.3. The van der Waals surface area contributed by atoms with Gasteiger partial charge < -0.3 is 15.4 Å². The molecule has 2 rings (SSSR count). The molecule has 0 atom stereocenters.